The Morgan fingerprint density at radius 3 is 2.33 bits per heavy atom. The molecule has 2 N–H and O–H groups in total. The van der Waals surface area contributed by atoms with Crippen LogP contribution >= 0.6 is 0 Å². The summed E-state index contributed by atoms with van der Waals surface area (Å²) in [7, 11) is 0. The number of carbonyl (C=O) groups excluding carboxylic acids is 2. The predicted molar refractivity (Wildman–Crippen MR) is 79.4 cm³/mol. The van der Waals surface area contributed by atoms with Gasteiger partial charge in [0.25, 0.3) is 0 Å². The molecule has 2 amide bonds. The smallest absolute Gasteiger partial charge is 0.245 e. The average molecular weight is 290 g/mol. The summed E-state index contributed by atoms with van der Waals surface area (Å²) in [5, 5.41) is 5.50. The van der Waals surface area contributed by atoms with E-state index in [1.807, 2.05) is 44.2 Å². The van der Waals surface area contributed by atoms with E-state index < -0.39 is 12.1 Å². The van der Waals surface area contributed by atoms with E-state index in [9.17, 15) is 9.59 Å². The lowest BCUT2D eigenvalue weighted by molar-refractivity contribution is -0.138. The van der Waals surface area contributed by atoms with Crippen molar-refractivity contribution in [2.45, 2.75) is 39.0 Å². The molecule has 0 unspecified atom stereocenters. The summed E-state index contributed by atoms with van der Waals surface area (Å²) in [6, 6.07) is 8.69. The molecule has 0 aromatic heterocycles. The van der Waals surface area contributed by atoms with Crippen LogP contribution in [0.1, 0.15) is 25.8 Å². The summed E-state index contributed by atoms with van der Waals surface area (Å²) >= 11 is 0. The molecule has 114 valence electrons. The normalized spacial score (nSPS) is 22.0. The first-order valence-corrected chi connectivity index (χ1v) is 7.28. The van der Waals surface area contributed by atoms with Crippen LogP contribution in [0.2, 0.25) is 0 Å². The third kappa shape index (κ3) is 4.56. The molecule has 0 aliphatic carbocycles. The van der Waals surface area contributed by atoms with E-state index in [2.05, 4.69) is 10.6 Å². The lowest BCUT2D eigenvalue weighted by Crippen LogP contribution is -2.63. The van der Waals surface area contributed by atoms with E-state index in [1.54, 1.807) is 0 Å². The Morgan fingerprint density at radius 2 is 1.67 bits per heavy atom. The quantitative estimate of drug-likeness (QED) is 0.828. The van der Waals surface area contributed by atoms with Crippen LogP contribution in [-0.2, 0) is 20.9 Å². The summed E-state index contributed by atoms with van der Waals surface area (Å²) in [5.74, 6) is 0.0526. The topological polar surface area (TPSA) is 67.4 Å². The van der Waals surface area contributed by atoms with Crippen molar-refractivity contribution in [1.82, 2.24) is 10.6 Å². The van der Waals surface area contributed by atoms with Gasteiger partial charge in [0.15, 0.2) is 0 Å². The van der Waals surface area contributed by atoms with Crippen molar-refractivity contribution in [3.63, 3.8) is 0 Å². The van der Waals surface area contributed by atoms with E-state index in [0.717, 1.165) is 5.56 Å². The number of piperazine rings is 1. The first kappa shape index (κ1) is 15.5. The zero-order valence-electron chi connectivity index (χ0n) is 12.5. The number of amides is 2. The second-order valence-electron chi connectivity index (χ2n) is 5.75. The Labute approximate surface area is 125 Å². The fraction of sp³-hybridized carbons (Fsp3) is 0.500. The van der Waals surface area contributed by atoms with Crippen molar-refractivity contribution < 1.29 is 14.3 Å². The fourth-order valence-electron chi connectivity index (χ4n) is 2.30. The van der Waals surface area contributed by atoms with Crippen LogP contribution in [0.3, 0.4) is 0 Å². The van der Waals surface area contributed by atoms with Gasteiger partial charge in [-0.25, -0.2) is 0 Å². The summed E-state index contributed by atoms with van der Waals surface area (Å²) in [5.41, 5.74) is 1.04. The van der Waals surface area contributed by atoms with Gasteiger partial charge >= 0.3 is 0 Å². The van der Waals surface area contributed by atoms with Gasteiger partial charge in [-0.15, -0.1) is 0 Å². The molecule has 5 heteroatoms. The number of rotatable bonds is 6. The average Bonchev–Trinajstić information content (AvgIpc) is 2.44. The minimum Gasteiger partial charge on any atom is -0.374 e. The molecule has 2 atom stereocenters. The Hall–Kier alpha value is -1.88. The number of hydrogen-bond donors (Lipinski definition) is 2. The Bertz CT molecular complexity index is 488. The van der Waals surface area contributed by atoms with Crippen LogP contribution < -0.4 is 10.6 Å². The fourth-order valence-corrected chi connectivity index (χ4v) is 2.30. The molecule has 1 saturated heterocycles. The Morgan fingerprint density at radius 1 is 1.05 bits per heavy atom. The first-order chi connectivity index (χ1) is 10.1. The third-order valence-corrected chi connectivity index (χ3v) is 3.37. The van der Waals surface area contributed by atoms with E-state index in [1.165, 1.54) is 0 Å². The third-order valence-electron chi connectivity index (χ3n) is 3.37. The molecule has 0 bridgehead atoms. The highest BCUT2D eigenvalue weighted by molar-refractivity contribution is 5.96. The molecule has 0 radical (unpaired) electrons. The van der Waals surface area contributed by atoms with Gasteiger partial charge < -0.3 is 15.4 Å². The Kier molecular flexibility index (Phi) is 5.33. The van der Waals surface area contributed by atoms with Crippen LogP contribution in [0.15, 0.2) is 30.3 Å². The number of hydrogen-bond acceptors (Lipinski definition) is 3. The summed E-state index contributed by atoms with van der Waals surface area (Å²) in [6.45, 7) is 4.65. The van der Waals surface area contributed by atoms with Gasteiger partial charge in [-0.2, -0.15) is 0 Å². The summed E-state index contributed by atoms with van der Waals surface area (Å²) in [6.07, 6.45) is 0.648. The van der Waals surface area contributed by atoms with Gasteiger partial charge in [-0.05, 0) is 17.9 Å². The zero-order valence-corrected chi connectivity index (χ0v) is 12.5. The lowest BCUT2D eigenvalue weighted by atomic mass is 10.0. The van der Waals surface area contributed by atoms with Crippen molar-refractivity contribution in [2.24, 2.45) is 5.92 Å². The molecule has 1 aliphatic rings. The largest absolute Gasteiger partial charge is 0.374 e. The lowest BCUT2D eigenvalue weighted by Gasteiger charge is -2.30. The standard InChI is InChI=1S/C16H22N2O3/c1-11(2)8-13-15(19)18-14(16(20)17-13)10-21-9-12-6-4-3-5-7-12/h3-7,11,13-14H,8-10H2,1-2H3,(H,17,20)(H,18,19)/t13-,14-/m0/s1. The van der Waals surface area contributed by atoms with Crippen LogP contribution in [0.5, 0.6) is 0 Å². The van der Waals surface area contributed by atoms with Crippen molar-refractivity contribution in [3.8, 4) is 0 Å². The maximum absolute atomic E-state index is 12.0. The molecule has 1 aromatic carbocycles. The summed E-state index contributed by atoms with van der Waals surface area (Å²) in [4.78, 5) is 23.9. The number of carbonyl (C=O) groups is 2. The molecular weight excluding hydrogens is 268 g/mol. The second-order valence-corrected chi connectivity index (χ2v) is 5.75. The molecular formula is C16H22N2O3. The molecule has 2 rings (SSSR count). The van der Waals surface area contributed by atoms with Gasteiger partial charge in [0.05, 0.1) is 13.2 Å². The van der Waals surface area contributed by atoms with Gasteiger partial charge in [0.2, 0.25) is 11.8 Å². The van der Waals surface area contributed by atoms with Crippen molar-refractivity contribution in [3.05, 3.63) is 35.9 Å². The highest BCUT2D eigenvalue weighted by Crippen LogP contribution is 2.09. The molecule has 5 nitrogen and oxygen atoms in total. The molecule has 1 heterocycles. The molecule has 0 saturated carbocycles. The number of benzene rings is 1. The minimum absolute atomic E-state index is 0.128. The second kappa shape index (κ2) is 7.22. The highest BCUT2D eigenvalue weighted by atomic mass is 16.5. The highest BCUT2D eigenvalue weighted by Gasteiger charge is 2.33. The van der Waals surface area contributed by atoms with Crippen molar-refractivity contribution in [2.75, 3.05) is 6.61 Å². The van der Waals surface area contributed by atoms with Gasteiger partial charge in [-0.3, -0.25) is 9.59 Å². The minimum atomic E-state index is -0.607. The summed E-state index contributed by atoms with van der Waals surface area (Å²) < 4.78 is 5.52. The zero-order chi connectivity index (χ0) is 15.2. The van der Waals surface area contributed by atoms with E-state index in [0.29, 0.717) is 18.9 Å². The van der Waals surface area contributed by atoms with Gasteiger partial charge in [0.1, 0.15) is 12.1 Å². The maximum atomic E-state index is 12.0. The number of ether oxygens (including phenoxy) is 1. The maximum Gasteiger partial charge on any atom is 0.245 e. The molecule has 0 spiro atoms. The SMILES string of the molecule is CC(C)C[C@@H]1NC(=O)[C@H](COCc2ccccc2)NC1=O. The van der Waals surface area contributed by atoms with E-state index in [-0.39, 0.29) is 18.4 Å². The van der Waals surface area contributed by atoms with Crippen LogP contribution in [0.25, 0.3) is 0 Å². The Balaban J connectivity index is 1.80. The number of nitrogens with one attached hydrogen (secondary N) is 2. The molecule has 1 aromatic rings. The van der Waals surface area contributed by atoms with E-state index >= 15 is 0 Å². The van der Waals surface area contributed by atoms with Crippen LogP contribution in [0, 0.1) is 5.92 Å². The predicted octanol–water partition coefficient (Wildman–Crippen LogP) is 1.23. The van der Waals surface area contributed by atoms with Crippen LogP contribution in [-0.4, -0.2) is 30.5 Å². The monoisotopic (exact) mass is 290 g/mol. The first-order valence-electron chi connectivity index (χ1n) is 7.28. The van der Waals surface area contributed by atoms with E-state index in [4.69, 9.17) is 4.74 Å². The molecule has 1 fully saturated rings. The molecule has 21 heavy (non-hydrogen) atoms. The van der Waals surface area contributed by atoms with Gasteiger partial charge in [0, 0.05) is 0 Å². The van der Waals surface area contributed by atoms with Gasteiger partial charge in [-0.1, -0.05) is 44.2 Å². The van der Waals surface area contributed by atoms with Crippen molar-refractivity contribution >= 4 is 11.8 Å². The molecule has 1 aliphatic heterocycles. The van der Waals surface area contributed by atoms with Crippen molar-refractivity contribution in [1.29, 1.82) is 0 Å². The van der Waals surface area contributed by atoms with Crippen LogP contribution in [0.4, 0.5) is 0 Å².